The van der Waals surface area contributed by atoms with Gasteiger partial charge in [-0.05, 0) is 30.4 Å². The molecule has 2 aliphatic rings. The summed E-state index contributed by atoms with van der Waals surface area (Å²) in [6.07, 6.45) is 2.29. The highest BCUT2D eigenvalue weighted by molar-refractivity contribution is 5.82. The Kier molecular flexibility index (Phi) is 6.10. The third-order valence-electron chi connectivity index (χ3n) is 5.37. The third-order valence-corrected chi connectivity index (χ3v) is 5.37. The van der Waals surface area contributed by atoms with Crippen LogP contribution in [0.3, 0.4) is 0 Å². The molecule has 0 bridgehead atoms. The lowest BCUT2D eigenvalue weighted by Gasteiger charge is -2.39. The molecule has 2 heterocycles. The first-order valence-corrected chi connectivity index (χ1v) is 9.43. The van der Waals surface area contributed by atoms with E-state index in [9.17, 15) is 4.79 Å². The first-order chi connectivity index (χ1) is 12.0. The molecule has 1 amide bonds. The summed E-state index contributed by atoms with van der Waals surface area (Å²) in [4.78, 5) is 15.0. The number of amides is 1. The van der Waals surface area contributed by atoms with Crippen molar-refractivity contribution in [1.29, 1.82) is 0 Å². The van der Waals surface area contributed by atoms with Gasteiger partial charge in [0.1, 0.15) is 0 Å². The van der Waals surface area contributed by atoms with Gasteiger partial charge in [-0.15, -0.1) is 0 Å². The second kappa shape index (κ2) is 8.30. The molecule has 0 aliphatic carbocycles. The molecule has 25 heavy (non-hydrogen) atoms. The fourth-order valence-corrected chi connectivity index (χ4v) is 3.86. The van der Waals surface area contributed by atoms with Gasteiger partial charge >= 0.3 is 0 Å². The second-order valence-corrected chi connectivity index (χ2v) is 7.94. The fraction of sp³-hybridized carbons (Fsp3) is 0.650. The van der Waals surface area contributed by atoms with Crippen LogP contribution in [-0.2, 0) is 16.1 Å². The van der Waals surface area contributed by atoms with Gasteiger partial charge in [0.2, 0.25) is 5.91 Å². The summed E-state index contributed by atoms with van der Waals surface area (Å²) >= 11 is 0. The van der Waals surface area contributed by atoms with Gasteiger partial charge in [0, 0.05) is 26.2 Å². The van der Waals surface area contributed by atoms with E-state index in [2.05, 4.69) is 53.6 Å². The van der Waals surface area contributed by atoms with E-state index in [1.165, 1.54) is 5.56 Å². The van der Waals surface area contributed by atoms with Crippen LogP contribution < -0.4 is 10.6 Å². The minimum atomic E-state index is -0.106. The standard InChI is InChI=1S/C20H31N3O2/c1-20(2)9-6-10-21-18(20)19(24)22-13-17-15-23(11-12-25-17)14-16-7-4-3-5-8-16/h3-5,7-8,17-18,21H,6,9-15H2,1-2H3,(H,22,24). The zero-order valence-electron chi connectivity index (χ0n) is 15.5. The predicted molar refractivity (Wildman–Crippen MR) is 99.3 cm³/mol. The Bertz CT molecular complexity index is 561. The topological polar surface area (TPSA) is 53.6 Å². The molecular weight excluding hydrogens is 314 g/mol. The van der Waals surface area contributed by atoms with E-state index >= 15 is 0 Å². The van der Waals surface area contributed by atoms with Gasteiger partial charge in [0.25, 0.3) is 0 Å². The summed E-state index contributed by atoms with van der Waals surface area (Å²) in [6, 6.07) is 10.4. The van der Waals surface area contributed by atoms with Crippen LogP contribution in [0.1, 0.15) is 32.3 Å². The number of benzene rings is 1. The number of nitrogens with one attached hydrogen (secondary N) is 2. The average Bonchev–Trinajstić information content (AvgIpc) is 2.60. The van der Waals surface area contributed by atoms with E-state index in [4.69, 9.17) is 4.74 Å². The highest BCUT2D eigenvalue weighted by atomic mass is 16.5. The van der Waals surface area contributed by atoms with Crippen LogP contribution in [0.25, 0.3) is 0 Å². The maximum absolute atomic E-state index is 12.6. The number of carbonyl (C=O) groups is 1. The van der Waals surface area contributed by atoms with Crippen LogP contribution in [-0.4, -0.2) is 55.7 Å². The molecule has 2 aliphatic heterocycles. The number of piperidine rings is 1. The van der Waals surface area contributed by atoms with Gasteiger partial charge in [-0.2, -0.15) is 0 Å². The third kappa shape index (κ3) is 5.03. The van der Waals surface area contributed by atoms with Crippen molar-refractivity contribution in [3.63, 3.8) is 0 Å². The average molecular weight is 345 g/mol. The molecule has 2 N–H and O–H groups in total. The van der Waals surface area contributed by atoms with Gasteiger partial charge < -0.3 is 15.4 Å². The zero-order valence-corrected chi connectivity index (χ0v) is 15.5. The van der Waals surface area contributed by atoms with Crippen LogP contribution in [0.4, 0.5) is 0 Å². The molecule has 0 aromatic heterocycles. The van der Waals surface area contributed by atoms with E-state index in [1.54, 1.807) is 0 Å². The first kappa shape index (κ1) is 18.4. The van der Waals surface area contributed by atoms with Gasteiger partial charge in [-0.3, -0.25) is 9.69 Å². The van der Waals surface area contributed by atoms with Gasteiger partial charge in [-0.1, -0.05) is 44.2 Å². The van der Waals surface area contributed by atoms with Crippen LogP contribution in [0.15, 0.2) is 30.3 Å². The quantitative estimate of drug-likeness (QED) is 0.854. The van der Waals surface area contributed by atoms with E-state index in [1.807, 2.05) is 6.07 Å². The molecule has 2 saturated heterocycles. The van der Waals surface area contributed by atoms with Crippen molar-refractivity contribution in [2.45, 2.75) is 45.4 Å². The summed E-state index contributed by atoms with van der Waals surface area (Å²) in [5.41, 5.74) is 1.33. The number of nitrogens with zero attached hydrogens (tertiary/aromatic N) is 1. The lowest BCUT2D eigenvalue weighted by atomic mass is 9.77. The van der Waals surface area contributed by atoms with Gasteiger partial charge in [0.15, 0.2) is 0 Å². The van der Waals surface area contributed by atoms with Crippen molar-refractivity contribution in [1.82, 2.24) is 15.5 Å². The second-order valence-electron chi connectivity index (χ2n) is 7.94. The van der Waals surface area contributed by atoms with E-state index in [-0.39, 0.29) is 23.5 Å². The monoisotopic (exact) mass is 345 g/mol. The van der Waals surface area contributed by atoms with Crippen LogP contribution >= 0.6 is 0 Å². The van der Waals surface area contributed by atoms with Crippen molar-refractivity contribution in [2.75, 3.05) is 32.8 Å². The molecule has 3 rings (SSSR count). The van der Waals surface area contributed by atoms with Crippen LogP contribution in [0.5, 0.6) is 0 Å². The Morgan fingerprint density at radius 3 is 2.92 bits per heavy atom. The summed E-state index contributed by atoms with van der Waals surface area (Å²) in [5, 5.41) is 6.48. The SMILES string of the molecule is CC1(C)CCCNC1C(=O)NCC1CN(Cc2ccccc2)CCO1. The molecule has 2 atom stereocenters. The first-order valence-electron chi connectivity index (χ1n) is 9.43. The molecule has 0 saturated carbocycles. The number of morpholine rings is 1. The van der Waals surface area contributed by atoms with E-state index in [0.29, 0.717) is 6.54 Å². The maximum Gasteiger partial charge on any atom is 0.237 e. The lowest BCUT2D eigenvalue weighted by molar-refractivity contribution is -0.128. The maximum atomic E-state index is 12.6. The number of hydrogen-bond donors (Lipinski definition) is 2. The largest absolute Gasteiger partial charge is 0.374 e. The van der Waals surface area contributed by atoms with Crippen LogP contribution in [0, 0.1) is 5.41 Å². The van der Waals surface area contributed by atoms with Gasteiger partial charge in [-0.25, -0.2) is 0 Å². The molecule has 0 spiro atoms. The molecule has 2 unspecified atom stereocenters. The molecule has 2 fully saturated rings. The smallest absolute Gasteiger partial charge is 0.237 e. The normalized spacial score (nSPS) is 27.0. The summed E-state index contributed by atoms with van der Waals surface area (Å²) in [6.45, 7) is 9.30. The molecule has 0 radical (unpaired) electrons. The summed E-state index contributed by atoms with van der Waals surface area (Å²) in [7, 11) is 0. The number of ether oxygens (including phenoxy) is 1. The Morgan fingerprint density at radius 1 is 1.36 bits per heavy atom. The fourth-order valence-electron chi connectivity index (χ4n) is 3.86. The molecule has 1 aromatic rings. The van der Waals surface area contributed by atoms with Crippen molar-refractivity contribution in [3.05, 3.63) is 35.9 Å². The van der Waals surface area contributed by atoms with Crippen LogP contribution in [0.2, 0.25) is 0 Å². The van der Waals surface area contributed by atoms with Crippen molar-refractivity contribution in [2.24, 2.45) is 5.41 Å². The molecule has 1 aromatic carbocycles. The highest BCUT2D eigenvalue weighted by Gasteiger charge is 2.37. The zero-order chi connectivity index (χ0) is 17.7. The molecular formula is C20H31N3O2. The minimum absolute atomic E-state index is 0.00903. The number of carbonyl (C=O) groups excluding carboxylic acids is 1. The predicted octanol–water partition coefficient (Wildman–Crippen LogP) is 1.78. The molecule has 138 valence electrons. The number of hydrogen-bond acceptors (Lipinski definition) is 4. The van der Waals surface area contributed by atoms with Crippen molar-refractivity contribution >= 4 is 5.91 Å². The Labute approximate surface area is 151 Å². The highest BCUT2D eigenvalue weighted by Crippen LogP contribution is 2.30. The van der Waals surface area contributed by atoms with Gasteiger partial charge in [0.05, 0.1) is 18.8 Å². The Hall–Kier alpha value is -1.43. The number of rotatable bonds is 5. The van der Waals surface area contributed by atoms with Crippen molar-refractivity contribution < 1.29 is 9.53 Å². The Morgan fingerprint density at radius 2 is 2.16 bits per heavy atom. The van der Waals surface area contributed by atoms with E-state index in [0.717, 1.165) is 45.6 Å². The summed E-state index contributed by atoms with van der Waals surface area (Å²) in [5.74, 6) is 0.105. The summed E-state index contributed by atoms with van der Waals surface area (Å²) < 4.78 is 5.86. The van der Waals surface area contributed by atoms with E-state index < -0.39 is 0 Å². The molecule has 5 heteroatoms. The minimum Gasteiger partial charge on any atom is -0.374 e. The molecule has 5 nitrogen and oxygen atoms in total. The Balaban J connectivity index is 1.47. The lowest BCUT2D eigenvalue weighted by Crippen LogP contribution is -2.57. The van der Waals surface area contributed by atoms with Crippen molar-refractivity contribution in [3.8, 4) is 0 Å².